The molecule has 3 amide bonds. The van der Waals surface area contributed by atoms with Crippen molar-refractivity contribution in [3.05, 3.63) is 34.4 Å². The van der Waals surface area contributed by atoms with Gasteiger partial charge in [-0.1, -0.05) is 15.9 Å². The number of carboxylic acid groups (broad SMARTS) is 2. The van der Waals surface area contributed by atoms with Gasteiger partial charge in [-0.2, -0.15) is 0 Å². The molecule has 0 saturated carbocycles. The van der Waals surface area contributed by atoms with Crippen LogP contribution in [0.2, 0.25) is 0 Å². The van der Waals surface area contributed by atoms with Crippen molar-refractivity contribution in [2.75, 3.05) is 13.1 Å². The molecule has 2 rings (SSSR count). The molecule has 0 aliphatic carbocycles. The normalized spacial score (nSPS) is 11.7. The lowest BCUT2D eigenvalue weighted by Gasteiger charge is -2.17. The molecule has 0 aliphatic rings. The van der Waals surface area contributed by atoms with Crippen LogP contribution in [0.15, 0.2) is 28.7 Å². The van der Waals surface area contributed by atoms with E-state index in [-0.39, 0.29) is 19.0 Å². The predicted octanol–water partition coefficient (Wildman–Crippen LogP) is 2.34. The summed E-state index contributed by atoms with van der Waals surface area (Å²) in [5.41, 5.74) is 1.19. The van der Waals surface area contributed by atoms with Gasteiger partial charge < -0.3 is 31.1 Å². The number of benzene rings is 1. The highest BCUT2D eigenvalue weighted by atomic mass is 79.9. The number of halogens is 1. The average molecular weight is 427 g/mol. The monoisotopic (exact) mass is 426 g/mol. The largest absolute Gasteiger partial charge is 0.465 e. The van der Waals surface area contributed by atoms with Gasteiger partial charge in [0.15, 0.2) is 0 Å². The minimum Gasteiger partial charge on any atom is -0.465 e. The van der Waals surface area contributed by atoms with Gasteiger partial charge in [-0.15, -0.1) is 0 Å². The summed E-state index contributed by atoms with van der Waals surface area (Å²) in [6.45, 7) is 0.301. The topological polar surface area (TPSA) is 144 Å². The van der Waals surface area contributed by atoms with Gasteiger partial charge in [0.2, 0.25) is 0 Å². The van der Waals surface area contributed by atoms with Crippen molar-refractivity contribution < 1.29 is 24.6 Å². The molecule has 1 aromatic carbocycles. The van der Waals surface area contributed by atoms with Gasteiger partial charge in [0, 0.05) is 34.5 Å². The summed E-state index contributed by atoms with van der Waals surface area (Å²) in [5, 5.41) is 25.5. The van der Waals surface area contributed by atoms with E-state index in [9.17, 15) is 14.4 Å². The van der Waals surface area contributed by atoms with Crippen molar-refractivity contribution in [2.24, 2.45) is 0 Å². The maximum absolute atomic E-state index is 12.3. The van der Waals surface area contributed by atoms with E-state index < -0.39 is 18.2 Å². The van der Waals surface area contributed by atoms with Crippen LogP contribution in [-0.2, 0) is 0 Å². The molecule has 0 spiro atoms. The molecule has 0 aliphatic heterocycles. The summed E-state index contributed by atoms with van der Waals surface area (Å²) in [5.74, 6) is -0.349. The van der Waals surface area contributed by atoms with Crippen molar-refractivity contribution >= 4 is 44.9 Å². The van der Waals surface area contributed by atoms with Gasteiger partial charge in [0.25, 0.3) is 5.91 Å². The van der Waals surface area contributed by atoms with E-state index in [2.05, 4.69) is 36.9 Å². The number of carbonyl (C=O) groups is 3. The van der Waals surface area contributed by atoms with Gasteiger partial charge in [-0.25, -0.2) is 9.59 Å². The highest BCUT2D eigenvalue weighted by molar-refractivity contribution is 9.10. The molecule has 0 fully saturated rings. The molecule has 26 heavy (non-hydrogen) atoms. The first kappa shape index (κ1) is 19.6. The van der Waals surface area contributed by atoms with Crippen LogP contribution in [0.1, 0.15) is 23.3 Å². The lowest BCUT2D eigenvalue weighted by atomic mass is 10.1. The summed E-state index contributed by atoms with van der Waals surface area (Å²) in [7, 11) is 0. The Kier molecular flexibility index (Phi) is 6.84. The molecular weight excluding hydrogens is 408 g/mol. The molecule has 0 unspecified atom stereocenters. The molecule has 0 bridgehead atoms. The Balaban J connectivity index is 1.91. The first-order valence-corrected chi connectivity index (χ1v) is 8.67. The van der Waals surface area contributed by atoms with Crippen LogP contribution in [0, 0.1) is 0 Å². The number of hydrogen-bond acceptors (Lipinski definition) is 3. The van der Waals surface area contributed by atoms with Gasteiger partial charge in [0.1, 0.15) is 5.69 Å². The summed E-state index contributed by atoms with van der Waals surface area (Å²) in [4.78, 5) is 36.6. The van der Waals surface area contributed by atoms with E-state index in [1.54, 1.807) is 6.07 Å². The number of carbonyl (C=O) groups excluding carboxylic acids is 1. The zero-order valence-corrected chi connectivity index (χ0v) is 15.3. The van der Waals surface area contributed by atoms with E-state index in [1.807, 2.05) is 18.2 Å². The molecule has 140 valence electrons. The Morgan fingerprint density at radius 2 is 1.88 bits per heavy atom. The third kappa shape index (κ3) is 5.96. The quantitative estimate of drug-likeness (QED) is 0.359. The number of nitrogens with one attached hydrogen (secondary N) is 4. The van der Waals surface area contributed by atoms with Gasteiger partial charge in [-0.3, -0.25) is 4.79 Å². The Morgan fingerprint density at radius 3 is 2.58 bits per heavy atom. The summed E-state index contributed by atoms with van der Waals surface area (Å²) < 4.78 is 0.900. The molecule has 2 aromatic rings. The lowest BCUT2D eigenvalue weighted by molar-refractivity contribution is 0.0943. The molecule has 1 aromatic heterocycles. The molecular formula is C16H19BrN4O5. The standard InChI is InChI=1S/C16H19BrN4O5/c17-10-3-4-12-9(6-10)7-13(21-12)14(22)19-8-11(20-16(25)26)2-1-5-18-15(23)24/h3-4,6-7,11,18,20-21H,1-2,5,8H2,(H,19,22)(H,23,24)(H,25,26)/t11-/m0/s1. The second kappa shape index (κ2) is 9.09. The number of aromatic amines is 1. The SMILES string of the molecule is O=C(O)NCCC[C@@H](CNC(=O)c1cc2cc(Br)ccc2[nH]1)NC(=O)O. The fourth-order valence-electron chi connectivity index (χ4n) is 2.48. The highest BCUT2D eigenvalue weighted by Gasteiger charge is 2.15. The van der Waals surface area contributed by atoms with Crippen LogP contribution in [0.4, 0.5) is 9.59 Å². The minimum atomic E-state index is -1.20. The van der Waals surface area contributed by atoms with Crippen molar-refractivity contribution in [1.29, 1.82) is 0 Å². The zero-order chi connectivity index (χ0) is 19.1. The Labute approximate surface area is 157 Å². The highest BCUT2D eigenvalue weighted by Crippen LogP contribution is 2.20. The molecule has 1 heterocycles. The van der Waals surface area contributed by atoms with Crippen molar-refractivity contribution in [3.63, 3.8) is 0 Å². The maximum Gasteiger partial charge on any atom is 0.404 e. The van der Waals surface area contributed by atoms with Gasteiger partial charge in [0.05, 0.1) is 0 Å². The van der Waals surface area contributed by atoms with E-state index in [0.29, 0.717) is 18.5 Å². The first-order valence-electron chi connectivity index (χ1n) is 7.88. The first-order chi connectivity index (χ1) is 12.3. The summed E-state index contributed by atoms with van der Waals surface area (Å²) >= 11 is 3.37. The molecule has 0 radical (unpaired) electrons. The number of hydrogen-bond donors (Lipinski definition) is 6. The van der Waals surface area contributed by atoms with E-state index in [4.69, 9.17) is 10.2 Å². The van der Waals surface area contributed by atoms with Crippen molar-refractivity contribution in [3.8, 4) is 0 Å². The number of H-pyrrole nitrogens is 1. The predicted molar refractivity (Wildman–Crippen MR) is 98.5 cm³/mol. The number of fused-ring (bicyclic) bond motifs is 1. The minimum absolute atomic E-state index is 0.0945. The Morgan fingerprint density at radius 1 is 1.12 bits per heavy atom. The van der Waals surface area contributed by atoms with Crippen LogP contribution in [0.3, 0.4) is 0 Å². The van der Waals surface area contributed by atoms with Crippen LogP contribution in [0.5, 0.6) is 0 Å². The molecule has 0 saturated heterocycles. The third-order valence-corrected chi connectivity index (χ3v) is 4.16. The number of rotatable bonds is 8. The maximum atomic E-state index is 12.3. The van der Waals surface area contributed by atoms with E-state index >= 15 is 0 Å². The average Bonchev–Trinajstić information content (AvgIpc) is 2.98. The summed E-state index contributed by atoms with van der Waals surface area (Å²) in [6.07, 6.45) is -1.52. The summed E-state index contributed by atoms with van der Waals surface area (Å²) in [6, 6.07) is 6.78. The molecule has 9 nitrogen and oxygen atoms in total. The second-order valence-corrected chi connectivity index (χ2v) is 6.56. The smallest absolute Gasteiger partial charge is 0.404 e. The fourth-order valence-corrected chi connectivity index (χ4v) is 2.86. The zero-order valence-electron chi connectivity index (χ0n) is 13.7. The molecule has 10 heteroatoms. The lowest BCUT2D eigenvalue weighted by Crippen LogP contribution is -2.43. The van der Waals surface area contributed by atoms with Crippen LogP contribution in [0.25, 0.3) is 10.9 Å². The second-order valence-electron chi connectivity index (χ2n) is 5.65. The van der Waals surface area contributed by atoms with Crippen molar-refractivity contribution in [1.82, 2.24) is 20.9 Å². The van der Waals surface area contributed by atoms with Crippen LogP contribution >= 0.6 is 15.9 Å². The van der Waals surface area contributed by atoms with Gasteiger partial charge in [-0.05, 0) is 37.1 Å². The molecule has 6 N–H and O–H groups in total. The van der Waals surface area contributed by atoms with E-state index in [1.165, 1.54) is 0 Å². The van der Waals surface area contributed by atoms with Gasteiger partial charge >= 0.3 is 12.2 Å². The fraction of sp³-hybridized carbons (Fsp3) is 0.312. The number of aromatic nitrogens is 1. The third-order valence-electron chi connectivity index (χ3n) is 3.67. The molecule has 1 atom stereocenters. The Hall–Kier alpha value is -2.75. The van der Waals surface area contributed by atoms with E-state index in [0.717, 1.165) is 15.4 Å². The van der Waals surface area contributed by atoms with Crippen molar-refractivity contribution in [2.45, 2.75) is 18.9 Å². The van der Waals surface area contributed by atoms with Crippen LogP contribution < -0.4 is 16.0 Å². The number of amides is 3. The Bertz CT molecular complexity index is 807. The van der Waals surface area contributed by atoms with Crippen LogP contribution in [-0.4, -0.2) is 52.4 Å².